The number of fused-ring (bicyclic) bond motifs is 1. The molecule has 1 heterocycles. The minimum absolute atomic E-state index is 0.0461. The lowest BCUT2D eigenvalue weighted by atomic mass is 10.00. The van der Waals surface area contributed by atoms with E-state index in [-0.39, 0.29) is 12.2 Å². The van der Waals surface area contributed by atoms with Crippen LogP contribution in [-0.4, -0.2) is 33.3 Å². The van der Waals surface area contributed by atoms with Crippen molar-refractivity contribution in [2.45, 2.75) is 58.3 Å². The van der Waals surface area contributed by atoms with Crippen LogP contribution in [0.25, 0.3) is 0 Å². The second-order valence-corrected chi connectivity index (χ2v) is 15.4. The van der Waals surface area contributed by atoms with Gasteiger partial charge < -0.3 is 15.2 Å². The van der Waals surface area contributed by atoms with Crippen molar-refractivity contribution in [1.29, 1.82) is 5.26 Å². The summed E-state index contributed by atoms with van der Waals surface area (Å²) in [5.74, 6) is 0.817. The van der Waals surface area contributed by atoms with E-state index in [1.165, 1.54) is 5.56 Å². The molecule has 0 aliphatic carbocycles. The lowest BCUT2D eigenvalue weighted by molar-refractivity contribution is 0.0488. The van der Waals surface area contributed by atoms with E-state index < -0.39 is 8.07 Å². The number of nitriles is 1. The predicted molar refractivity (Wildman–Crippen MR) is 128 cm³/mol. The van der Waals surface area contributed by atoms with E-state index in [1.54, 1.807) is 7.11 Å². The summed E-state index contributed by atoms with van der Waals surface area (Å²) in [5, 5.41) is 9.34. The van der Waals surface area contributed by atoms with Gasteiger partial charge in [0.05, 0.1) is 37.6 Å². The van der Waals surface area contributed by atoms with Crippen molar-refractivity contribution in [2.75, 3.05) is 20.3 Å². The van der Waals surface area contributed by atoms with Crippen LogP contribution in [0.1, 0.15) is 45.6 Å². The van der Waals surface area contributed by atoms with Gasteiger partial charge in [0.1, 0.15) is 5.75 Å². The average molecular weight is 438 g/mol. The third-order valence-corrected chi connectivity index (χ3v) is 7.73. The Morgan fingerprint density at radius 2 is 1.97 bits per heavy atom. The van der Waals surface area contributed by atoms with Crippen LogP contribution >= 0.6 is 0 Å². The summed E-state index contributed by atoms with van der Waals surface area (Å²) < 4.78 is 11.9. The fourth-order valence-electron chi connectivity index (χ4n) is 4.33. The molecule has 1 aliphatic heterocycles. The van der Waals surface area contributed by atoms with Crippen LogP contribution < -0.4 is 10.5 Å². The lowest BCUT2D eigenvalue weighted by Crippen LogP contribution is -2.36. The number of ether oxygens (including phenoxy) is 2. The summed E-state index contributed by atoms with van der Waals surface area (Å²) in [6.07, 6.45) is -0.334. The van der Waals surface area contributed by atoms with Crippen molar-refractivity contribution in [2.24, 2.45) is 5.73 Å². The molecule has 2 atom stereocenters. The first-order valence-corrected chi connectivity index (χ1v) is 14.6. The Hall–Kier alpha value is -2.17. The molecule has 1 aliphatic rings. The van der Waals surface area contributed by atoms with E-state index in [1.807, 2.05) is 18.2 Å². The van der Waals surface area contributed by atoms with Gasteiger partial charge in [0.25, 0.3) is 0 Å². The monoisotopic (exact) mass is 437 g/mol. The number of rotatable bonds is 8. The number of hydrogen-bond donors (Lipinski definition) is 1. The van der Waals surface area contributed by atoms with Crippen LogP contribution in [0.5, 0.6) is 5.75 Å². The fourth-order valence-corrected chi connectivity index (χ4v) is 5.08. The number of hydrogen-bond acceptors (Lipinski definition) is 5. The van der Waals surface area contributed by atoms with E-state index in [0.717, 1.165) is 40.7 Å². The second kappa shape index (κ2) is 9.54. The molecule has 0 bridgehead atoms. The Labute approximate surface area is 187 Å². The Kier molecular flexibility index (Phi) is 7.23. The first kappa shape index (κ1) is 23.5. The summed E-state index contributed by atoms with van der Waals surface area (Å²) >= 11 is 0. The van der Waals surface area contributed by atoms with Crippen LogP contribution in [0.2, 0.25) is 25.7 Å². The fraction of sp³-hybridized carbons (Fsp3) is 0.480. The second-order valence-electron chi connectivity index (χ2n) is 9.74. The summed E-state index contributed by atoms with van der Waals surface area (Å²) in [7, 11) is 0.543. The SMILES string of the molecule is COc1cc(C)cc(C)c1C(N)N1Cc2cc(C#N)ccc2C1COCC[Si](C)(C)C. The number of methoxy groups -OCH3 is 1. The van der Waals surface area contributed by atoms with Crippen molar-refractivity contribution in [1.82, 2.24) is 4.90 Å². The van der Waals surface area contributed by atoms with Crippen molar-refractivity contribution >= 4 is 8.07 Å². The van der Waals surface area contributed by atoms with Crippen LogP contribution in [0.4, 0.5) is 0 Å². The smallest absolute Gasteiger partial charge is 0.125 e. The largest absolute Gasteiger partial charge is 0.496 e. The van der Waals surface area contributed by atoms with Crippen molar-refractivity contribution in [3.63, 3.8) is 0 Å². The standard InChI is InChI=1S/C25H35N3O2Si/c1-17-11-18(2)24(23(12-17)29-3)25(27)28-15-20-13-19(14-26)7-8-21(20)22(28)16-30-9-10-31(4,5)6/h7-8,11-13,22,25H,9-10,15-16,27H2,1-6H3. The summed E-state index contributed by atoms with van der Waals surface area (Å²) in [6, 6.07) is 13.6. The molecule has 2 unspecified atom stereocenters. The van der Waals surface area contributed by atoms with Crippen LogP contribution in [0, 0.1) is 25.2 Å². The highest BCUT2D eigenvalue weighted by Gasteiger charge is 2.36. The van der Waals surface area contributed by atoms with Gasteiger partial charge in [-0.1, -0.05) is 31.8 Å². The maximum atomic E-state index is 9.34. The van der Waals surface area contributed by atoms with Crippen LogP contribution in [0.15, 0.2) is 30.3 Å². The van der Waals surface area contributed by atoms with Gasteiger partial charge in [-0.3, -0.25) is 4.90 Å². The Balaban J connectivity index is 1.91. The quantitative estimate of drug-likeness (QED) is 0.462. The van der Waals surface area contributed by atoms with E-state index in [2.05, 4.69) is 56.6 Å². The highest BCUT2D eigenvalue weighted by molar-refractivity contribution is 6.76. The molecule has 166 valence electrons. The summed E-state index contributed by atoms with van der Waals surface area (Å²) in [4.78, 5) is 2.28. The normalized spacial score (nSPS) is 17.3. The molecule has 0 fully saturated rings. The highest BCUT2D eigenvalue weighted by atomic mass is 28.3. The Morgan fingerprint density at radius 1 is 1.23 bits per heavy atom. The van der Waals surface area contributed by atoms with E-state index >= 15 is 0 Å². The van der Waals surface area contributed by atoms with Gasteiger partial charge in [0.15, 0.2) is 0 Å². The van der Waals surface area contributed by atoms with Gasteiger partial charge in [0, 0.05) is 26.8 Å². The average Bonchev–Trinajstić information content (AvgIpc) is 3.07. The van der Waals surface area contributed by atoms with E-state index in [9.17, 15) is 5.26 Å². The zero-order valence-corrected chi connectivity index (χ0v) is 20.7. The van der Waals surface area contributed by atoms with Gasteiger partial charge in [-0.15, -0.1) is 0 Å². The predicted octanol–water partition coefficient (Wildman–Crippen LogP) is 5.05. The molecule has 3 rings (SSSR count). The molecule has 0 amide bonds. The minimum Gasteiger partial charge on any atom is -0.496 e. The van der Waals surface area contributed by atoms with Gasteiger partial charge in [0.2, 0.25) is 0 Å². The molecular weight excluding hydrogens is 402 g/mol. The molecule has 0 spiro atoms. The molecule has 2 aromatic rings. The maximum absolute atomic E-state index is 9.34. The van der Waals surface area contributed by atoms with Crippen molar-refractivity contribution in [3.05, 3.63) is 63.7 Å². The van der Waals surface area contributed by atoms with E-state index in [4.69, 9.17) is 15.2 Å². The number of nitrogens with two attached hydrogens (primary N) is 1. The molecule has 5 nitrogen and oxygen atoms in total. The zero-order chi connectivity index (χ0) is 22.8. The number of benzene rings is 2. The lowest BCUT2D eigenvalue weighted by Gasteiger charge is -2.33. The van der Waals surface area contributed by atoms with Crippen LogP contribution in [0.3, 0.4) is 0 Å². The minimum atomic E-state index is -1.15. The third kappa shape index (κ3) is 5.36. The van der Waals surface area contributed by atoms with Gasteiger partial charge in [-0.25, -0.2) is 0 Å². The summed E-state index contributed by atoms with van der Waals surface area (Å²) in [6.45, 7) is 13.3. The molecule has 31 heavy (non-hydrogen) atoms. The molecule has 0 radical (unpaired) electrons. The van der Waals surface area contributed by atoms with Gasteiger partial charge in [-0.05, 0) is 60.3 Å². The van der Waals surface area contributed by atoms with Crippen molar-refractivity contribution in [3.8, 4) is 11.8 Å². The van der Waals surface area contributed by atoms with E-state index in [0.29, 0.717) is 18.7 Å². The first-order valence-electron chi connectivity index (χ1n) is 10.9. The molecule has 0 aromatic heterocycles. The molecule has 2 aromatic carbocycles. The molecule has 6 heteroatoms. The number of aryl methyl sites for hydroxylation is 2. The maximum Gasteiger partial charge on any atom is 0.125 e. The number of nitrogens with zero attached hydrogens (tertiary/aromatic N) is 2. The third-order valence-electron chi connectivity index (χ3n) is 6.02. The molecule has 0 saturated carbocycles. The zero-order valence-electron chi connectivity index (χ0n) is 19.7. The summed E-state index contributed by atoms with van der Waals surface area (Å²) in [5.41, 5.74) is 13.2. The first-order chi connectivity index (χ1) is 14.6. The van der Waals surface area contributed by atoms with Crippen molar-refractivity contribution < 1.29 is 9.47 Å². The molecule has 0 saturated heterocycles. The van der Waals surface area contributed by atoms with Gasteiger partial charge in [-0.2, -0.15) is 5.26 Å². The molecular formula is C25H35N3O2Si. The Bertz CT molecular complexity index is 978. The van der Waals surface area contributed by atoms with Crippen LogP contribution in [-0.2, 0) is 11.3 Å². The van der Waals surface area contributed by atoms with Gasteiger partial charge >= 0.3 is 0 Å². The highest BCUT2D eigenvalue weighted by Crippen LogP contribution is 2.41. The topological polar surface area (TPSA) is 71.5 Å². The Morgan fingerprint density at radius 3 is 2.61 bits per heavy atom. The molecule has 2 N–H and O–H groups in total.